The Morgan fingerprint density at radius 2 is 1.04 bits per heavy atom. The fourth-order valence-corrected chi connectivity index (χ4v) is 0.922. The van der Waals surface area contributed by atoms with Gasteiger partial charge in [-0.1, -0.05) is 0 Å². The van der Waals surface area contributed by atoms with Gasteiger partial charge in [0.2, 0.25) is 0 Å². The molecule has 0 spiro atoms. The lowest BCUT2D eigenvalue weighted by molar-refractivity contribution is -0.139. The van der Waals surface area contributed by atoms with Crippen LogP contribution < -0.4 is 22.9 Å². The zero-order chi connectivity index (χ0) is 19.1. The lowest BCUT2D eigenvalue weighted by atomic mass is 10.2. The van der Waals surface area contributed by atoms with Crippen LogP contribution in [0.5, 0.6) is 0 Å². The summed E-state index contributed by atoms with van der Waals surface area (Å²) in [6, 6.07) is -1.48. The highest BCUT2D eigenvalue weighted by atomic mass is 32.3. The van der Waals surface area contributed by atoms with Gasteiger partial charge in [0.1, 0.15) is 12.1 Å². The second-order valence-electron chi connectivity index (χ2n) is 4.20. The SMILES string of the molecule is NCCCC(N)C(=O)O.NCCCC(N)C(=O)O.O=S(=O)(O)O. The van der Waals surface area contributed by atoms with E-state index in [1.165, 1.54) is 0 Å². The van der Waals surface area contributed by atoms with E-state index < -0.39 is 34.4 Å². The van der Waals surface area contributed by atoms with Gasteiger partial charge in [-0.2, -0.15) is 8.42 Å². The molecular weight excluding hydrogens is 336 g/mol. The predicted molar refractivity (Wildman–Crippen MR) is 82.0 cm³/mol. The Morgan fingerprint density at radius 1 is 0.826 bits per heavy atom. The minimum absolute atomic E-state index is 0.464. The maximum atomic E-state index is 10.0. The van der Waals surface area contributed by atoms with Crippen LogP contribution in [0.25, 0.3) is 0 Å². The topological polar surface area (TPSA) is 253 Å². The molecule has 0 aromatic rings. The van der Waals surface area contributed by atoms with Crippen molar-refractivity contribution in [2.24, 2.45) is 22.9 Å². The van der Waals surface area contributed by atoms with Gasteiger partial charge < -0.3 is 33.1 Å². The maximum Gasteiger partial charge on any atom is 0.394 e. The summed E-state index contributed by atoms with van der Waals surface area (Å²) < 4.78 is 31.6. The molecule has 0 aliphatic heterocycles. The second-order valence-corrected chi connectivity index (χ2v) is 5.09. The summed E-state index contributed by atoms with van der Waals surface area (Å²) in [4.78, 5) is 20.1. The predicted octanol–water partition coefficient (Wildman–Crippen LogP) is -2.38. The number of nitrogens with two attached hydrogens (primary N) is 4. The highest BCUT2D eigenvalue weighted by Gasteiger charge is 2.09. The fourth-order valence-electron chi connectivity index (χ4n) is 0.922. The van der Waals surface area contributed by atoms with Crippen molar-refractivity contribution in [1.29, 1.82) is 0 Å². The Hall–Kier alpha value is -1.35. The summed E-state index contributed by atoms with van der Waals surface area (Å²) in [6.07, 6.45) is 2.28. The van der Waals surface area contributed by atoms with Crippen molar-refractivity contribution >= 4 is 22.3 Å². The Bertz CT molecular complexity index is 385. The van der Waals surface area contributed by atoms with E-state index >= 15 is 0 Å². The van der Waals surface area contributed by atoms with Gasteiger partial charge in [0.15, 0.2) is 0 Å². The van der Waals surface area contributed by atoms with Crippen LogP contribution in [0.3, 0.4) is 0 Å². The van der Waals surface area contributed by atoms with Gasteiger partial charge in [0.25, 0.3) is 0 Å². The second kappa shape index (κ2) is 15.5. The molecule has 12 N–H and O–H groups in total. The van der Waals surface area contributed by atoms with Gasteiger partial charge in [0.05, 0.1) is 0 Å². The molecule has 0 aromatic heterocycles. The molecule has 0 fully saturated rings. The zero-order valence-corrected chi connectivity index (χ0v) is 13.4. The Morgan fingerprint density at radius 3 is 1.17 bits per heavy atom. The molecule has 23 heavy (non-hydrogen) atoms. The minimum atomic E-state index is -4.67. The Balaban J connectivity index is -0.000000273. The highest BCUT2D eigenvalue weighted by molar-refractivity contribution is 7.79. The number of hydrogen-bond donors (Lipinski definition) is 8. The van der Waals surface area contributed by atoms with E-state index in [0.29, 0.717) is 38.8 Å². The number of carbonyl (C=O) groups is 2. The number of carboxylic acid groups (broad SMARTS) is 2. The van der Waals surface area contributed by atoms with Crippen LogP contribution in [0.4, 0.5) is 0 Å². The van der Waals surface area contributed by atoms with Crippen molar-refractivity contribution in [2.45, 2.75) is 37.8 Å². The fraction of sp³-hybridized carbons (Fsp3) is 0.800. The molecule has 0 aliphatic carbocycles. The monoisotopic (exact) mass is 362 g/mol. The smallest absolute Gasteiger partial charge is 0.394 e. The van der Waals surface area contributed by atoms with E-state index in [4.69, 9.17) is 50.7 Å². The molecule has 0 bridgehead atoms. The van der Waals surface area contributed by atoms with Crippen molar-refractivity contribution < 1.29 is 37.3 Å². The number of carboxylic acids is 2. The molecule has 12 nitrogen and oxygen atoms in total. The summed E-state index contributed by atoms with van der Waals surface area (Å²) >= 11 is 0. The van der Waals surface area contributed by atoms with Crippen molar-refractivity contribution in [3.63, 3.8) is 0 Å². The van der Waals surface area contributed by atoms with Crippen LogP contribution in [0.15, 0.2) is 0 Å². The molecule has 2 unspecified atom stereocenters. The summed E-state index contributed by atoms with van der Waals surface area (Å²) in [6.45, 7) is 1.00. The van der Waals surface area contributed by atoms with Crippen LogP contribution in [0.2, 0.25) is 0 Å². The van der Waals surface area contributed by atoms with Crippen molar-refractivity contribution in [2.75, 3.05) is 13.1 Å². The van der Waals surface area contributed by atoms with E-state index in [-0.39, 0.29) is 0 Å². The quantitative estimate of drug-likeness (QED) is 0.211. The molecule has 0 rings (SSSR count). The highest BCUT2D eigenvalue weighted by Crippen LogP contribution is 1.91. The molecule has 0 saturated heterocycles. The molecule has 0 saturated carbocycles. The molecule has 0 aromatic carbocycles. The zero-order valence-electron chi connectivity index (χ0n) is 12.5. The minimum Gasteiger partial charge on any atom is -0.480 e. The molecule has 140 valence electrons. The molecule has 0 radical (unpaired) electrons. The number of hydrogen-bond acceptors (Lipinski definition) is 8. The first-order valence-corrected chi connectivity index (χ1v) is 7.83. The van der Waals surface area contributed by atoms with Crippen LogP contribution in [0, 0.1) is 0 Å². The Labute approximate surface area is 134 Å². The standard InChI is InChI=1S/2C5H12N2O2.H2O4S/c2*6-3-1-2-4(7)5(8)9;1-5(2,3)4/h2*4H,1-3,6-7H2,(H,8,9);(H2,1,2,3,4). The third-order valence-corrected chi connectivity index (χ3v) is 2.07. The summed E-state index contributed by atoms with van der Waals surface area (Å²) in [5.74, 6) is -1.91. The normalized spacial score (nSPS) is 12.8. The van der Waals surface area contributed by atoms with Crippen LogP contribution >= 0.6 is 0 Å². The average molecular weight is 362 g/mol. The maximum absolute atomic E-state index is 10.0. The third-order valence-electron chi connectivity index (χ3n) is 2.07. The van der Waals surface area contributed by atoms with Crippen molar-refractivity contribution in [1.82, 2.24) is 0 Å². The van der Waals surface area contributed by atoms with E-state index in [2.05, 4.69) is 0 Å². The largest absolute Gasteiger partial charge is 0.480 e. The van der Waals surface area contributed by atoms with Crippen molar-refractivity contribution in [3.8, 4) is 0 Å². The van der Waals surface area contributed by atoms with Gasteiger partial charge >= 0.3 is 22.3 Å². The first-order chi connectivity index (χ1) is 10.4. The first kappa shape index (κ1) is 26.5. The van der Waals surface area contributed by atoms with E-state index in [0.717, 1.165) is 0 Å². The van der Waals surface area contributed by atoms with Gasteiger partial charge in [-0.15, -0.1) is 0 Å². The molecule has 13 heteroatoms. The Kier molecular flexibility index (Phi) is 17.9. The average Bonchev–Trinajstić information content (AvgIpc) is 2.40. The van der Waals surface area contributed by atoms with Crippen LogP contribution in [0.1, 0.15) is 25.7 Å². The summed E-state index contributed by atoms with van der Waals surface area (Å²) in [7, 11) is -4.67. The van der Waals surface area contributed by atoms with Crippen LogP contribution in [-0.4, -0.2) is 64.8 Å². The molecule has 2 atom stereocenters. The number of rotatable bonds is 8. The lowest BCUT2D eigenvalue weighted by Gasteiger charge is -2.02. The third kappa shape index (κ3) is 33.5. The van der Waals surface area contributed by atoms with Gasteiger partial charge in [0, 0.05) is 0 Å². The molecule has 0 heterocycles. The van der Waals surface area contributed by atoms with Gasteiger partial charge in [-0.05, 0) is 38.8 Å². The van der Waals surface area contributed by atoms with Crippen LogP contribution in [-0.2, 0) is 20.0 Å². The van der Waals surface area contributed by atoms with Gasteiger partial charge in [-0.25, -0.2) is 0 Å². The number of aliphatic carboxylic acids is 2. The van der Waals surface area contributed by atoms with E-state index in [1.54, 1.807) is 0 Å². The molecule has 0 amide bonds. The van der Waals surface area contributed by atoms with Crippen molar-refractivity contribution in [3.05, 3.63) is 0 Å². The van der Waals surface area contributed by atoms with Gasteiger partial charge in [-0.3, -0.25) is 18.7 Å². The molecule has 0 aliphatic rings. The van der Waals surface area contributed by atoms with E-state index in [1.807, 2.05) is 0 Å². The summed E-state index contributed by atoms with van der Waals surface area (Å²) in [5.41, 5.74) is 20.6. The molecular formula is C10H26N4O8S. The first-order valence-electron chi connectivity index (χ1n) is 6.43. The lowest BCUT2D eigenvalue weighted by Crippen LogP contribution is -2.30. The van der Waals surface area contributed by atoms with E-state index in [9.17, 15) is 9.59 Å². The summed E-state index contributed by atoms with van der Waals surface area (Å²) in [5, 5.41) is 16.5.